The molecule has 1 atom stereocenters. The number of aromatic nitrogens is 3. The number of hydrogen-bond acceptors (Lipinski definition) is 8. The van der Waals surface area contributed by atoms with Gasteiger partial charge in [-0.2, -0.15) is 0 Å². The van der Waals surface area contributed by atoms with Crippen LogP contribution in [0.4, 0.5) is 16.0 Å². The maximum Gasteiger partial charge on any atom is 0.238 e. The van der Waals surface area contributed by atoms with E-state index in [1.165, 1.54) is 19.2 Å². The van der Waals surface area contributed by atoms with Crippen molar-refractivity contribution in [3.05, 3.63) is 59.1 Å². The number of rotatable bonds is 7. The molecule has 0 amide bonds. The van der Waals surface area contributed by atoms with Gasteiger partial charge in [0.25, 0.3) is 0 Å². The van der Waals surface area contributed by atoms with Gasteiger partial charge in [-0.1, -0.05) is 11.6 Å². The van der Waals surface area contributed by atoms with E-state index in [-0.39, 0.29) is 27.9 Å². The average Bonchev–Trinajstić information content (AvgIpc) is 2.89. The Kier molecular flexibility index (Phi) is 7.59. The number of nitrogens with zero attached hydrogens (tertiary/aromatic N) is 3. The molecule has 4 aromatic rings. The number of aryl methyl sites for hydroxylation is 1. The molecule has 1 fully saturated rings. The average molecular weight is 558 g/mol. The summed E-state index contributed by atoms with van der Waals surface area (Å²) in [6.45, 7) is 3.12. The zero-order valence-corrected chi connectivity index (χ0v) is 22.2. The van der Waals surface area contributed by atoms with Gasteiger partial charge in [0.05, 0.1) is 35.9 Å². The molecule has 0 radical (unpaired) electrons. The zero-order valence-electron chi connectivity index (χ0n) is 20.7. The Morgan fingerprint density at radius 3 is 2.68 bits per heavy atom. The van der Waals surface area contributed by atoms with Gasteiger partial charge in [-0.15, -0.1) is 0 Å². The summed E-state index contributed by atoms with van der Waals surface area (Å²) >= 11 is 6.11. The number of halogens is 2. The fraction of sp³-hybridized carbons (Fsp3) is 0.269. The van der Waals surface area contributed by atoms with Crippen LogP contribution in [-0.4, -0.2) is 45.6 Å². The van der Waals surface area contributed by atoms with E-state index in [9.17, 15) is 8.60 Å². The van der Waals surface area contributed by atoms with Crippen molar-refractivity contribution >= 4 is 45.1 Å². The third kappa shape index (κ3) is 5.50. The van der Waals surface area contributed by atoms with Gasteiger partial charge in [-0.3, -0.25) is 4.72 Å². The monoisotopic (exact) mass is 557 g/mol. The second-order valence-corrected chi connectivity index (χ2v) is 10.3. The molecular formula is C26H25ClFN5O4S. The van der Waals surface area contributed by atoms with E-state index in [1.807, 2.05) is 19.1 Å². The van der Waals surface area contributed by atoms with E-state index in [2.05, 4.69) is 19.7 Å². The van der Waals surface area contributed by atoms with E-state index in [1.54, 1.807) is 12.3 Å². The summed E-state index contributed by atoms with van der Waals surface area (Å²) in [4.78, 5) is 13.4. The summed E-state index contributed by atoms with van der Waals surface area (Å²) in [7, 11) is -0.348. The number of fused-ring (bicyclic) bond motifs is 1. The number of methoxy groups -OCH3 is 1. The molecular weight excluding hydrogens is 533 g/mol. The quantitative estimate of drug-likeness (QED) is 0.323. The van der Waals surface area contributed by atoms with Crippen LogP contribution in [0.15, 0.2) is 47.5 Å². The van der Waals surface area contributed by atoms with Crippen molar-refractivity contribution < 1.29 is 22.8 Å². The Morgan fingerprint density at radius 1 is 1.16 bits per heavy atom. The van der Waals surface area contributed by atoms with Crippen molar-refractivity contribution in [3.63, 3.8) is 0 Å². The van der Waals surface area contributed by atoms with Gasteiger partial charge in [0.2, 0.25) is 11.8 Å². The van der Waals surface area contributed by atoms with Crippen LogP contribution in [0.1, 0.15) is 18.5 Å². The topological polar surface area (TPSA) is 121 Å². The van der Waals surface area contributed by atoms with Gasteiger partial charge in [0.1, 0.15) is 28.9 Å². The number of ether oxygens (including phenoxy) is 3. The van der Waals surface area contributed by atoms with Crippen molar-refractivity contribution in [1.29, 1.82) is 0 Å². The summed E-state index contributed by atoms with van der Waals surface area (Å²) in [6, 6.07) is 9.23. The third-order valence-corrected chi connectivity index (χ3v) is 7.69. The molecule has 0 aliphatic carbocycles. The molecule has 1 aliphatic rings. The minimum Gasteiger partial charge on any atom is -0.488 e. The summed E-state index contributed by atoms with van der Waals surface area (Å²) < 4.78 is 46.6. The Morgan fingerprint density at radius 2 is 1.95 bits per heavy atom. The smallest absolute Gasteiger partial charge is 0.238 e. The molecule has 1 unspecified atom stereocenters. The zero-order chi connectivity index (χ0) is 26.8. The Bertz CT molecular complexity index is 1530. The van der Waals surface area contributed by atoms with Crippen LogP contribution in [0.2, 0.25) is 5.02 Å². The van der Waals surface area contributed by atoms with Crippen LogP contribution in [0.25, 0.3) is 22.0 Å². The Balaban J connectivity index is 1.55. The second-order valence-electron chi connectivity index (χ2n) is 8.69. The molecule has 1 aliphatic heterocycles. The molecule has 5 rings (SSSR count). The van der Waals surface area contributed by atoms with Crippen LogP contribution in [0.5, 0.6) is 11.6 Å². The first-order chi connectivity index (χ1) is 18.3. The molecule has 12 heteroatoms. The molecule has 2 aromatic heterocycles. The molecule has 1 saturated heterocycles. The van der Waals surface area contributed by atoms with Gasteiger partial charge < -0.3 is 19.9 Å². The number of anilines is 2. The van der Waals surface area contributed by atoms with Crippen LogP contribution in [0, 0.1) is 12.7 Å². The van der Waals surface area contributed by atoms with Crippen molar-refractivity contribution in [3.8, 4) is 22.8 Å². The van der Waals surface area contributed by atoms with Crippen LogP contribution in [-0.2, 0) is 15.7 Å². The first-order valence-corrected chi connectivity index (χ1v) is 13.4. The Labute approximate surface area is 226 Å². The highest BCUT2D eigenvalue weighted by atomic mass is 35.5. The molecule has 0 spiro atoms. The molecule has 3 N–H and O–H groups in total. The van der Waals surface area contributed by atoms with Crippen molar-refractivity contribution in [2.45, 2.75) is 30.8 Å². The summed E-state index contributed by atoms with van der Waals surface area (Å²) in [5.41, 5.74) is 9.12. The normalized spacial score (nSPS) is 14.8. The molecule has 9 nitrogen and oxygen atoms in total. The molecule has 0 saturated carbocycles. The second kappa shape index (κ2) is 11.1. The summed E-state index contributed by atoms with van der Waals surface area (Å²) in [5.74, 6) is 0.452. The van der Waals surface area contributed by atoms with E-state index in [0.29, 0.717) is 41.4 Å². The molecule has 3 heterocycles. The van der Waals surface area contributed by atoms with Crippen molar-refractivity contribution in [2.75, 3.05) is 30.8 Å². The van der Waals surface area contributed by atoms with Gasteiger partial charge in [0.15, 0.2) is 11.0 Å². The highest BCUT2D eigenvalue weighted by Gasteiger charge is 2.20. The maximum absolute atomic E-state index is 13.5. The number of hydrogen-bond donors (Lipinski definition) is 2. The largest absolute Gasteiger partial charge is 0.488 e. The standard InChI is InChI=1S/C26H25ClFN5O4S/c1-14-19-9-15(11-22(24(19)32-26(29)31-14)37-18-5-7-36-8-6-18)16-10-21(25(35-2)30-13-16)33-38(34)23-4-3-17(28)12-20(23)27/h3-4,9-13,18,33H,5-8H2,1-2H3,(H2,29,31,32). The number of pyridine rings is 1. The maximum atomic E-state index is 13.5. The van der Waals surface area contributed by atoms with Gasteiger partial charge >= 0.3 is 0 Å². The predicted octanol–water partition coefficient (Wildman–Crippen LogP) is 5.08. The van der Waals surface area contributed by atoms with Crippen molar-refractivity contribution in [2.24, 2.45) is 0 Å². The van der Waals surface area contributed by atoms with Gasteiger partial charge in [0, 0.05) is 30.0 Å². The third-order valence-electron chi connectivity index (χ3n) is 6.11. The van der Waals surface area contributed by atoms with E-state index >= 15 is 0 Å². The van der Waals surface area contributed by atoms with E-state index < -0.39 is 16.8 Å². The predicted molar refractivity (Wildman–Crippen MR) is 144 cm³/mol. The lowest BCUT2D eigenvalue weighted by atomic mass is 10.0. The minimum absolute atomic E-state index is 0.0206. The van der Waals surface area contributed by atoms with Crippen molar-refractivity contribution in [1.82, 2.24) is 15.0 Å². The van der Waals surface area contributed by atoms with Crippen LogP contribution in [0.3, 0.4) is 0 Å². The molecule has 38 heavy (non-hydrogen) atoms. The van der Waals surface area contributed by atoms with Gasteiger partial charge in [-0.25, -0.2) is 23.6 Å². The molecule has 198 valence electrons. The highest BCUT2D eigenvalue weighted by Crippen LogP contribution is 2.37. The number of nitrogens with two attached hydrogens (primary N) is 1. The number of nitrogens with one attached hydrogen (secondary N) is 1. The molecule has 2 aromatic carbocycles. The summed E-state index contributed by atoms with van der Waals surface area (Å²) in [5, 5.41) is 0.823. The number of nitrogen functional groups attached to an aromatic ring is 1. The fourth-order valence-corrected chi connectivity index (χ4v) is 5.49. The molecule has 0 bridgehead atoms. The van der Waals surface area contributed by atoms with Crippen LogP contribution >= 0.6 is 11.6 Å². The van der Waals surface area contributed by atoms with Gasteiger partial charge in [-0.05, 0) is 48.9 Å². The lowest BCUT2D eigenvalue weighted by Gasteiger charge is -2.24. The summed E-state index contributed by atoms with van der Waals surface area (Å²) in [6.07, 6.45) is 3.15. The lowest BCUT2D eigenvalue weighted by molar-refractivity contribution is 0.0261. The van der Waals surface area contributed by atoms with E-state index in [0.717, 1.165) is 29.9 Å². The number of benzene rings is 2. The fourth-order valence-electron chi connectivity index (χ4n) is 4.23. The minimum atomic E-state index is -1.81. The van der Waals surface area contributed by atoms with E-state index in [4.69, 9.17) is 31.5 Å². The first kappa shape index (κ1) is 26.1. The lowest BCUT2D eigenvalue weighted by Crippen LogP contribution is -2.26. The SMILES string of the molecule is COc1ncc(-c2cc(OC3CCOCC3)c3nc(N)nc(C)c3c2)cc1NS(=O)c1ccc(F)cc1Cl. The Hall–Kier alpha value is -3.54. The first-order valence-electron chi connectivity index (χ1n) is 11.8. The highest BCUT2D eigenvalue weighted by molar-refractivity contribution is 7.86. The van der Waals surface area contributed by atoms with Crippen LogP contribution < -0.4 is 19.9 Å².